The zero-order chi connectivity index (χ0) is 17.5. The van der Waals surface area contributed by atoms with Crippen LogP contribution in [-0.4, -0.2) is 54.4 Å². The van der Waals surface area contributed by atoms with Crippen LogP contribution in [0.3, 0.4) is 0 Å². The van der Waals surface area contributed by atoms with E-state index in [4.69, 9.17) is 4.74 Å². The summed E-state index contributed by atoms with van der Waals surface area (Å²) in [4.78, 5) is 14.3. The number of amides is 1. The van der Waals surface area contributed by atoms with Gasteiger partial charge in [0.25, 0.3) is 0 Å². The number of hydrogen-bond donors (Lipinski definition) is 2. The second-order valence-electron chi connectivity index (χ2n) is 7.75. The monoisotopic (exact) mass is 327 g/mol. The van der Waals surface area contributed by atoms with E-state index < -0.39 is 5.60 Å². The van der Waals surface area contributed by atoms with Gasteiger partial charge in [0, 0.05) is 24.7 Å². The summed E-state index contributed by atoms with van der Waals surface area (Å²) in [7, 11) is 0. The summed E-state index contributed by atoms with van der Waals surface area (Å²) in [6, 6.07) is 1.33. The van der Waals surface area contributed by atoms with Crippen molar-refractivity contribution in [2.75, 3.05) is 19.6 Å². The maximum Gasteiger partial charge on any atom is 0.407 e. The van der Waals surface area contributed by atoms with Crippen molar-refractivity contribution in [3.8, 4) is 0 Å². The largest absolute Gasteiger partial charge is 0.444 e. The molecule has 0 aromatic rings. The van der Waals surface area contributed by atoms with E-state index in [-0.39, 0.29) is 12.1 Å². The van der Waals surface area contributed by atoms with Crippen LogP contribution in [0.5, 0.6) is 0 Å². The Labute approximate surface area is 142 Å². The fourth-order valence-corrected chi connectivity index (χ4v) is 3.20. The van der Waals surface area contributed by atoms with Gasteiger partial charge >= 0.3 is 6.09 Å². The minimum atomic E-state index is -0.428. The molecule has 1 saturated carbocycles. The number of alkyl carbamates (subject to hydrolysis) is 1. The first-order chi connectivity index (χ1) is 10.7. The first-order valence-electron chi connectivity index (χ1n) is 9.21. The Bertz CT molecular complexity index is 343. The van der Waals surface area contributed by atoms with Gasteiger partial charge in [0.05, 0.1) is 0 Å². The van der Waals surface area contributed by atoms with E-state index in [0.717, 1.165) is 45.3 Å². The van der Waals surface area contributed by atoms with Gasteiger partial charge in [0.15, 0.2) is 0 Å². The summed E-state index contributed by atoms with van der Waals surface area (Å²) in [5.74, 6) is 0. The average molecular weight is 328 g/mol. The maximum absolute atomic E-state index is 11.8. The van der Waals surface area contributed by atoms with Crippen LogP contribution in [0.25, 0.3) is 0 Å². The number of hydrogen-bond acceptors (Lipinski definition) is 4. The molecule has 1 rings (SSSR count). The summed E-state index contributed by atoms with van der Waals surface area (Å²) in [6.07, 6.45) is 3.99. The number of likely N-dealkylation sites (N-methyl/N-ethyl adjacent to an activating group) is 1. The molecule has 136 valence electrons. The molecule has 1 unspecified atom stereocenters. The lowest BCUT2D eigenvalue weighted by molar-refractivity contribution is 0.0489. The van der Waals surface area contributed by atoms with Gasteiger partial charge in [-0.3, -0.25) is 0 Å². The fraction of sp³-hybridized carbons (Fsp3) is 0.944. The number of ether oxygens (including phenoxy) is 1. The van der Waals surface area contributed by atoms with Gasteiger partial charge in [-0.2, -0.15) is 0 Å². The highest BCUT2D eigenvalue weighted by molar-refractivity contribution is 5.68. The van der Waals surface area contributed by atoms with E-state index in [1.807, 2.05) is 20.8 Å². The van der Waals surface area contributed by atoms with Crippen molar-refractivity contribution in [3.05, 3.63) is 0 Å². The minimum absolute atomic E-state index is 0.251. The normalized spacial score (nSPS) is 23.6. The van der Waals surface area contributed by atoms with Gasteiger partial charge in [0.1, 0.15) is 5.60 Å². The fourth-order valence-electron chi connectivity index (χ4n) is 3.20. The van der Waals surface area contributed by atoms with Crippen molar-refractivity contribution >= 4 is 6.09 Å². The van der Waals surface area contributed by atoms with Crippen molar-refractivity contribution in [1.82, 2.24) is 15.5 Å². The number of carbonyl (C=O) groups excluding carboxylic acids is 1. The molecule has 5 nitrogen and oxygen atoms in total. The summed E-state index contributed by atoms with van der Waals surface area (Å²) in [5.41, 5.74) is -0.428. The van der Waals surface area contributed by atoms with E-state index in [1.165, 1.54) is 0 Å². The van der Waals surface area contributed by atoms with Crippen LogP contribution in [0.2, 0.25) is 0 Å². The molecule has 0 heterocycles. The van der Waals surface area contributed by atoms with Gasteiger partial charge in [-0.05, 0) is 66.5 Å². The first kappa shape index (κ1) is 20.2. The quantitative estimate of drug-likeness (QED) is 0.754. The molecule has 0 aromatic carbocycles. The van der Waals surface area contributed by atoms with E-state index in [9.17, 15) is 4.79 Å². The predicted octanol–water partition coefficient (Wildman–Crippen LogP) is 3.14. The molecule has 1 aliphatic carbocycles. The molecular formula is C18H37N3O2. The highest BCUT2D eigenvalue weighted by atomic mass is 16.6. The Morgan fingerprint density at radius 1 is 1.13 bits per heavy atom. The molecule has 0 radical (unpaired) electrons. The number of carbonyl (C=O) groups is 1. The third-order valence-electron chi connectivity index (χ3n) is 4.39. The number of rotatable bonds is 7. The predicted molar refractivity (Wildman–Crippen MR) is 95.8 cm³/mol. The zero-order valence-corrected chi connectivity index (χ0v) is 15.9. The molecule has 0 aliphatic heterocycles. The molecule has 2 N–H and O–H groups in total. The van der Waals surface area contributed by atoms with Crippen LogP contribution in [0.15, 0.2) is 0 Å². The van der Waals surface area contributed by atoms with Crippen LogP contribution in [-0.2, 0) is 4.74 Å². The minimum Gasteiger partial charge on any atom is -0.444 e. The smallest absolute Gasteiger partial charge is 0.407 e. The van der Waals surface area contributed by atoms with Crippen molar-refractivity contribution in [1.29, 1.82) is 0 Å². The van der Waals surface area contributed by atoms with Crippen LogP contribution < -0.4 is 10.6 Å². The zero-order valence-electron chi connectivity index (χ0n) is 15.9. The van der Waals surface area contributed by atoms with E-state index in [1.54, 1.807) is 0 Å². The third-order valence-corrected chi connectivity index (χ3v) is 4.39. The maximum atomic E-state index is 11.8. The van der Waals surface area contributed by atoms with E-state index in [0.29, 0.717) is 12.1 Å². The van der Waals surface area contributed by atoms with Crippen molar-refractivity contribution in [3.63, 3.8) is 0 Å². The molecule has 1 atom stereocenters. The molecule has 0 aromatic heterocycles. The summed E-state index contributed by atoms with van der Waals surface area (Å²) in [6.45, 7) is 15.7. The van der Waals surface area contributed by atoms with Gasteiger partial charge < -0.3 is 20.3 Å². The van der Waals surface area contributed by atoms with Crippen molar-refractivity contribution in [2.24, 2.45) is 0 Å². The molecular weight excluding hydrogens is 290 g/mol. The lowest BCUT2D eigenvalue weighted by Gasteiger charge is -2.33. The second kappa shape index (κ2) is 9.48. The molecule has 1 aliphatic rings. The topological polar surface area (TPSA) is 53.6 Å². The van der Waals surface area contributed by atoms with Crippen LogP contribution in [0.4, 0.5) is 4.79 Å². The lowest BCUT2D eigenvalue weighted by atomic mass is 9.91. The Balaban J connectivity index is 2.26. The molecule has 0 saturated heterocycles. The first-order valence-corrected chi connectivity index (χ1v) is 9.21. The van der Waals surface area contributed by atoms with Crippen LogP contribution in [0.1, 0.15) is 67.2 Å². The molecule has 1 fully saturated rings. The second-order valence-corrected chi connectivity index (χ2v) is 7.75. The number of nitrogens with zero attached hydrogens (tertiary/aromatic N) is 1. The molecule has 0 bridgehead atoms. The molecule has 0 spiro atoms. The Morgan fingerprint density at radius 3 is 2.13 bits per heavy atom. The standard InChI is InChI=1S/C18H37N3O2/c1-7-21(8-2)13-14(3)19-15-9-11-16(12-10-15)20-17(22)23-18(4,5)6/h14-16,19H,7-13H2,1-6H3,(H,20,22). The van der Waals surface area contributed by atoms with Gasteiger partial charge in [0.2, 0.25) is 0 Å². The van der Waals surface area contributed by atoms with Crippen LogP contribution in [0, 0.1) is 0 Å². The van der Waals surface area contributed by atoms with Crippen LogP contribution >= 0.6 is 0 Å². The molecule has 1 amide bonds. The molecule has 23 heavy (non-hydrogen) atoms. The van der Waals surface area contributed by atoms with Crippen molar-refractivity contribution in [2.45, 2.75) is 91.0 Å². The summed E-state index contributed by atoms with van der Waals surface area (Å²) < 4.78 is 5.33. The highest BCUT2D eigenvalue weighted by Gasteiger charge is 2.25. The molecule has 5 heteroatoms. The van der Waals surface area contributed by atoms with E-state index in [2.05, 4.69) is 36.3 Å². The van der Waals surface area contributed by atoms with Gasteiger partial charge in [-0.15, -0.1) is 0 Å². The summed E-state index contributed by atoms with van der Waals surface area (Å²) in [5, 5.41) is 6.75. The Hall–Kier alpha value is -0.810. The van der Waals surface area contributed by atoms with Gasteiger partial charge in [-0.25, -0.2) is 4.79 Å². The lowest BCUT2D eigenvalue weighted by Crippen LogP contribution is -2.48. The SMILES string of the molecule is CCN(CC)CC(C)NC1CCC(NC(=O)OC(C)(C)C)CC1. The third kappa shape index (κ3) is 8.56. The Morgan fingerprint density at radius 2 is 1.65 bits per heavy atom. The highest BCUT2D eigenvalue weighted by Crippen LogP contribution is 2.20. The Kier molecular flexibility index (Phi) is 8.34. The number of nitrogens with one attached hydrogen (secondary N) is 2. The van der Waals surface area contributed by atoms with Crippen molar-refractivity contribution < 1.29 is 9.53 Å². The summed E-state index contributed by atoms with van der Waals surface area (Å²) >= 11 is 0. The average Bonchev–Trinajstić information content (AvgIpc) is 2.44. The van der Waals surface area contributed by atoms with E-state index >= 15 is 0 Å². The van der Waals surface area contributed by atoms with Gasteiger partial charge in [-0.1, -0.05) is 13.8 Å².